The van der Waals surface area contributed by atoms with Gasteiger partial charge in [0.2, 0.25) is 5.28 Å². The third-order valence-corrected chi connectivity index (χ3v) is 2.95. The lowest BCUT2D eigenvalue weighted by Gasteiger charge is -2.01. The third-order valence-electron chi connectivity index (χ3n) is 1.84. The molecule has 0 aliphatic rings. The molecule has 0 saturated heterocycles. The Balaban J connectivity index is 2.75. The molecule has 0 spiro atoms. The molecule has 0 aliphatic carbocycles. The van der Waals surface area contributed by atoms with Gasteiger partial charge in [-0.1, -0.05) is 33.6 Å². The van der Waals surface area contributed by atoms with Gasteiger partial charge in [-0.2, -0.15) is 0 Å². The standard InChI is InChI=1S/C9H5BrCl2N2/c10-4-5-1-2-7-6(3-5)8(11)14-9(12)13-7/h1-3H,4H2. The van der Waals surface area contributed by atoms with Gasteiger partial charge in [0, 0.05) is 10.7 Å². The van der Waals surface area contributed by atoms with E-state index in [0.717, 1.165) is 21.8 Å². The van der Waals surface area contributed by atoms with E-state index in [2.05, 4.69) is 25.9 Å². The van der Waals surface area contributed by atoms with Crippen LogP contribution in [0.3, 0.4) is 0 Å². The number of hydrogen-bond donors (Lipinski definition) is 0. The van der Waals surface area contributed by atoms with Crippen molar-refractivity contribution in [2.75, 3.05) is 0 Å². The van der Waals surface area contributed by atoms with E-state index in [1.807, 2.05) is 18.2 Å². The van der Waals surface area contributed by atoms with Crippen molar-refractivity contribution < 1.29 is 0 Å². The van der Waals surface area contributed by atoms with Crippen molar-refractivity contribution >= 4 is 50.0 Å². The number of fused-ring (bicyclic) bond motifs is 1. The number of rotatable bonds is 1. The highest BCUT2D eigenvalue weighted by molar-refractivity contribution is 9.08. The van der Waals surface area contributed by atoms with Crippen LogP contribution in [-0.2, 0) is 5.33 Å². The van der Waals surface area contributed by atoms with Crippen LogP contribution in [0.15, 0.2) is 18.2 Å². The highest BCUT2D eigenvalue weighted by atomic mass is 79.9. The average molecular weight is 292 g/mol. The SMILES string of the molecule is Clc1nc(Cl)c2cc(CBr)ccc2n1. The molecule has 5 heteroatoms. The summed E-state index contributed by atoms with van der Waals surface area (Å²) in [6.07, 6.45) is 0. The second-order valence-electron chi connectivity index (χ2n) is 2.77. The fraction of sp³-hybridized carbons (Fsp3) is 0.111. The molecule has 0 amide bonds. The molecule has 0 radical (unpaired) electrons. The van der Waals surface area contributed by atoms with Crippen LogP contribution in [-0.4, -0.2) is 9.97 Å². The van der Waals surface area contributed by atoms with Crippen LogP contribution < -0.4 is 0 Å². The Kier molecular flexibility index (Phi) is 2.91. The van der Waals surface area contributed by atoms with Gasteiger partial charge in [-0.05, 0) is 29.3 Å². The van der Waals surface area contributed by atoms with Crippen molar-refractivity contribution in [1.29, 1.82) is 0 Å². The second kappa shape index (κ2) is 4.01. The molecular weight excluding hydrogens is 287 g/mol. The summed E-state index contributed by atoms with van der Waals surface area (Å²) in [5.74, 6) is 0. The minimum Gasteiger partial charge on any atom is -0.218 e. The van der Waals surface area contributed by atoms with Gasteiger partial charge in [-0.3, -0.25) is 0 Å². The quantitative estimate of drug-likeness (QED) is 0.453. The van der Waals surface area contributed by atoms with Crippen LogP contribution in [0, 0.1) is 0 Å². The Morgan fingerprint density at radius 2 is 2.00 bits per heavy atom. The van der Waals surface area contributed by atoms with Gasteiger partial charge < -0.3 is 0 Å². The first-order valence-electron chi connectivity index (χ1n) is 3.88. The number of benzene rings is 1. The average Bonchev–Trinajstić information content (AvgIpc) is 2.17. The highest BCUT2D eigenvalue weighted by Gasteiger charge is 2.04. The van der Waals surface area contributed by atoms with Gasteiger partial charge in [0.15, 0.2) is 0 Å². The summed E-state index contributed by atoms with van der Waals surface area (Å²) in [6.45, 7) is 0. The first kappa shape index (κ1) is 10.1. The Bertz CT molecular complexity index is 487. The van der Waals surface area contributed by atoms with Crippen molar-refractivity contribution in [3.8, 4) is 0 Å². The van der Waals surface area contributed by atoms with E-state index < -0.39 is 0 Å². The predicted octanol–water partition coefficient (Wildman–Crippen LogP) is 3.83. The molecule has 2 nitrogen and oxygen atoms in total. The first-order chi connectivity index (χ1) is 6.70. The van der Waals surface area contributed by atoms with Crippen molar-refractivity contribution in [2.24, 2.45) is 0 Å². The molecule has 72 valence electrons. The van der Waals surface area contributed by atoms with Gasteiger partial charge in [-0.25, -0.2) is 9.97 Å². The van der Waals surface area contributed by atoms with Crippen LogP contribution in [0.1, 0.15) is 5.56 Å². The van der Waals surface area contributed by atoms with Crippen LogP contribution in [0.2, 0.25) is 10.4 Å². The number of halogens is 3. The molecular formula is C9H5BrCl2N2. The molecule has 1 aromatic heterocycles. The lowest BCUT2D eigenvalue weighted by atomic mass is 10.2. The maximum absolute atomic E-state index is 5.94. The summed E-state index contributed by atoms with van der Waals surface area (Å²) in [7, 11) is 0. The Morgan fingerprint density at radius 3 is 2.71 bits per heavy atom. The van der Waals surface area contributed by atoms with Crippen LogP contribution in [0.5, 0.6) is 0 Å². The number of aromatic nitrogens is 2. The molecule has 0 fully saturated rings. The summed E-state index contributed by atoms with van der Waals surface area (Å²) in [5, 5.41) is 2.17. The van der Waals surface area contributed by atoms with E-state index in [1.165, 1.54) is 0 Å². The van der Waals surface area contributed by atoms with E-state index in [1.54, 1.807) is 0 Å². The third kappa shape index (κ3) is 1.85. The lowest BCUT2D eigenvalue weighted by molar-refractivity contribution is 1.22. The summed E-state index contributed by atoms with van der Waals surface area (Å²) < 4.78 is 0. The highest BCUT2D eigenvalue weighted by Crippen LogP contribution is 2.23. The molecule has 0 saturated carbocycles. The van der Waals surface area contributed by atoms with Crippen molar-refractivity contribution in [2.45, 2.75) is 5.33 Å². The van der Waals surface area contributed by atoms with Gasteiger partial charge in [0.25, 0.3) is 0 Å². The van der Waals surface area contributed by atoms with Crippen LogP contribution in [0.25, 0.3) is 10.9 Å². The largest absolute Gasteiger partial charge is 0.224 e. The summed E-state index contributed by atoms with van der Waals surface area (Å²) in [6, 6.07) is 5.80. The molecule has 0 unspecified atom stereocenters. The molecule has 1 aromatic carbocycles. The van der Waals surface area contributed by atoms with Crippen LogP contribution in [0.4, 0.5) is 0 Å². The molecule has 0 N–H and O–H groups in total. The summed E-state index contributed by atoms with van der Waals surface area (Å²) in [4.78, 5) is 7.95. The van der Waals surface area contributed by atoms with Gasteiger partial charge in [-0.15, -0.1) is 0 Å². The fourth-order valence-corrected chi connectivity index (χ4v) is 1.99. The predicted molar refractivity (Wildman–Crippen MR) is 62.2 cm³/mol. The molecule has 0 aliphatic heterocycles. The smallest absolute Gasteiger partial charge is 0.218 e. The van der Waals surface area contributed by atoms with Gasteiger partial charge >= 0.3 is 0 Å². The normalized spacial score (nSPS) is 10.8. The topological polar surface area (TPSA) is 25.8 Å². The maximum Gasteiger partial charge on any atom is 0.224 e. The molecule has 14 heavy (non-hydrogen) atoms. The van der Waals surface area contributed by atoms with Crippen molar-refractivity contribution in [1.82, 2.24) is 9.97 Å². The van der Waals surface area contributed by atoms with E-state index >= 15 is 0 Å². The zero-order chi connectivity index (χ0) is 10.1. The summed E-state index contributed by atoms with van der Waals surface area (Å²) in [5.41, 5.74) is 1.89. The fourth-order valence-electron chi connectivity index (χ4n) is 1.19. The summed E-state index contributed by atoms with van der Waals surface area (Å²) >= 11 is 15.0. The maximum atomic E-state index is 5.94. The Morgan fingerprint density at radius 1 is 1.21 bits per heavy atom. The number of nitrogens with zero attached hydrogens (tertiary/aromatic N) is 2. The van der Waals surface area contributed by atoms with Crippen LogP contribution >= 0.6 is 39.1 Å². The zero-order valence-corrected chi connectivity index (χ0v) is 10.1. The van der Waals surface area contributed by atoms with Gasteiger partial charge in [0.1, 0.15) is 5.15 Å². The van der Waals surface area contributed by atoms with Crippen molar-refractivity contribution in [3.05, 3.63) is 34.2 Å². The molecule has 2 rings (SSSR count). The number of alkyl halides is 1. The molecule has 2 aromatic rings. The van der Waals surface area contributed by atoms with E-state index in [9.17, 15) is 0 Å². The minimum absolute atomic E-state index is 0.175. The van der Waals surface area contributed by atoms with Gasteiger partial charge in [0.05, 0.1) is 5.52 Å². The Hall–Kier alpha value is -0.380. The second-order valence-corrected chi connectivity index (χ2v) is 4.03. The molecule has 0 bridgehead atoms. The molecule has 0 atom stereocenters. The zero-order valence-electron chi connectivity index (χ0n) is 6.97. The van der Waals surface area contributed by atoms with E-state index in [0.29, 0.717) is 5.15 Å². The van der Waals surface area contributed by atoms with Crippen molar-refractivity contribution in [3.63, 3.8) is 0 Å². The Labute approximate surface area is 99.4 Å². The monoisotopic (exact) mass is 290 g/mol. The molecule has 1 heterocycles. The van der Waals surface area contributed by atoms with E-state index in [-0.39, 0.29) is 5.28 Å². The van der Waals surface area contributed by atoms with E-state index in [4.69, 9.17) is 23.2 Å². The minimum atomic E-state index is 0.175. The lowest BCUT2D eigenvalue weighted by Crippen LogP contribution is -1.88. The first-order valence-corrected chi connectivity index (χ1v) is 5.76. The number of hydrogen-bond acceptors (Lipinski definition) is 2.